The molecule has 1 aliphatic carbocycles. The summed E-state index contributed by atoms with van der Waals surface area (Å²) in [5.74, 6) is -0.834. The highest BCUT2D eigenvalue weighted by atomic mass is 16.5. The van der Waals surface area contributed by atoms with E-state index < -0.39 is 17.5 Å². The zero-order valence-corrected chi connectivity index (χ0v) is 11.1. The summed E-state index contributed by atoms with van der Waals surface area (Å²) in [6.45, 7) is 2.57. The number of rotatable bonds is 6. The number of ether oxygens (including phenoxy) is 1. The number of hydrogen-bond donors (Lipinski definition) is 2. The van der Waals surface area contributed by atoms with Crippen molar-refractivity contribution < 1.29 is 19.7 Å². The summed E-state index contributed by atoms with van der Waals surface area (Å²) in [4.78, 5) is 11.6. The maximum atomic E-state index is 11.6. The van der Waals surface area contributed by atoms with Crippen molar-refractivity contribution >= 4 is 5.97 Å². The second kappa shape index (κ2) is 5.72. The van der Waals surface area contributed by atoms with Crippen LogP contribution in [0.5, 0.6) is 0 Å². The second-order valence-corrected chi connectivity index (χ2v) is 5.23. The van der Waals surface area contributed by atoms with E-state index in [4.69, 9.17) is 4.74 Å². The molecule has 4 heteroatoms. The third-order valence-electron chi connectivity index (χ3n) is 3.77. The molecule has 0 aromatic heterocycles. The number of aliphatic carboxylic acids is 1. The average Bonchev–Trinajstić information content (AvgIpc) is 2.75. The zero-order chi connectivity index (χ0) is 13.9. The number of hydrogen-bond acceptors (Lipinski definition) is 3. The molecule has 1 unspecified atom stereocenters. The molecule has 0 fully saturated rings. The predicted molar refractivity (Wildman–Crippen MR) is 71.0 cm³/mol. The van der Waals surface area contributed by atoms with Gasteiger partial charge in [-0.05, 0) is 37.3 Å². The van der Waals surface area contributed by atoms with Crippen molar-refractivity contribution in [1.29, 1.82) is 0 Å². The number of fused-ring (bicyclic) bond motifs is 1. The molecule has 0 spiro atoms. The fourth-order valence-corrected chi connectivity index (χ4v) is 2.84. The normalized spacial score (nSPS) is 18.0. The minimum atomic E-state index is -0.889. The molecule has 0 bridgehead atoms. The van der Waals surface area contributed by atoms with E-state index >= 15 is 0 Å². The predicted octanol–water partition coefficient (Wildman–Crippen LogP) is 1.64. The van der Waals surface area contributed by atoms with Gasteiger partial charge in [-0.3, -0.25) is 4.79 Å². The van der Waals surface area contributed by atoms with E-state index in [0.717, 1.165) is 11.1 Å². The highest BCUT2D eigenvalue weighted by Gasteiger charge is 2.45. The van der Waals surface area contributed by atoms with Crippen LogP contribution < -0.4 is 0 Å². The molecule has 0 saturated heterocycles. The first-order valence-electron chi connectivity index (χ1n) is 6.63. The van der Waals surface area contributed by atoms with Crippen molar-refractivity contribution in [2.75, 3.05) is 13.2 Å². The van der Waals surface area contributed by atoms with Crippen LogP contribution in [0, 0.1) is 5.41 Å². The lowest BCUT2D eigenvalue weighted by molar-refractivity contribution is -0.151. The molecule has 0 amide bonds. The van der Waals surface area contributed by atoms with Crippen LogP contribution in [-0.4, -0.2) is 35.5 Å². The molecule has 2 rings (SSSR count). The van der Waals surface area contributed by atoms with Gasteiger partial charge in [0.2, 0.25) is 0 Å². The first-order chi connectivity index (χ1) is 9.07. The molecule has 19 heavy (non-hydrogen) atoms. The lowest BCUT2D eigenvalue weighted by Crippen LogP contribution is -2.37. The van der Waals surface area contributed by atoms with Gasteiger partial charge in [-0.25, -0.2) is 0 Å². The Morgan fingerprint density at radius 2 is 1.95 bits per heavy atom. The van der Waals surface area contributed by atoms with Crippen LogP contribution in [0.3, 0.4) is 0 Å². The number of carbonyl (C=O) groups is 1. The van der Waals surface area contributed by atoms with Crippen LogP contribution in [0.4, 0.5) is 0 Å². The lowest BCUT2D eigenvalue weighted by Gasteiger charge is -2.26. The Labute approximate surface area is 113 Å². The fraction of sp³-hybridized carbons (Fsp3) is 0.533. The largest absolute Gasteiger partial charge is 0.481 e. The van der Waals surface area contributed by atoms with Crippen molar-refractivity contribution in [1.82, 2.24) is 0 Å². The van der Waals surface area contributed by atoms with Gasteiger partial charge in [0, 0.05) is 6.61 Å². The Kier molecular flexibility index (Phi) is 4.22. The van der Waals surface area contributed by atoms with E-state index in [1.807, 2.05) is 31.2 Å². The van der Waals surface area contributed by atoms with Gasteiger partial charge in [0.15, 0.2) is 0 Å². The van der Waals surface area contributed by atoms with Gasteiger partial charge in [0.05, 0.1) is 18.1 Å². The van der Waals surface area contributed by atoms with Gasteiger partial charge >= 0.3 is 5.97 Å². The number of benzene rings is 1. The molecule has 2 N–H and O–H groups in total. The molecule has 0 radical (unpaired) electrons. The number of aliphatic hydroxyl groups excluding tert-OH is 1. The van der Waals surface area contributed by atoms with E-state index in [9.17, 15) is 15.0 Å². The van der Waals surface area contributed by atoms with E-state index in [2.05, 4.69) is 0 Å². The van der Waals surface area contributed by atoms with E-state index in [0.29, 0.717) is 19.4 Å². The van der Waals surface area contributed by atoms with Gasteiger partial charge < -0.3 is 14.9 Å². The minimum absolute atomic E-state index is 0.196. The average molecular weight is 264 g/mol. The van der Waals surface area contributed by atoms with Crippen LogP contribution in [0.2, 0.25) is 0 Å². The first kappa shape index (κ1) is 14.0. The Morgan fingerprint density at radius 1 is 1.37 bits per heavy atom. The highest BCUT2D eigenvalue weighted by molar-refractivity contribution is 5.77. The zero-order valence-electron chi connectivity index (χ0n) is 11.1. The Morgan fingerprint density at radius 3 is 2.42 bits per heavy atom. The Balaban J connectivity index is 2.12. The minimum Gasteiger partial charge on any atom is -0.481 e. The Bertz CT molecular complexity index is 430. The van der Waals surface area contributed by atoms with Gasteiger partial charge in [-0.1, -0.05) is 24.3 Å². The maximum Gasteiger partial charge on any atom is 0.310 e. The molecule has 0 heterocycles. The third-order valence-corrected chi connectivity index (χ3v) is 3.77. The molecule has 0 aliphatic heterocycles. The Hall–Kier alpha value is -1.39. The van der Waals surface area contributed by atoms with Crippen LogP contribution in [0.25, 0.3) is 0 Å². The summed E-state index contributed by atoms with van der Waals surface area (Å²) < 4.78 is 5.16. The van der Waals surface area contributed by atoms with Gasteiger partial charge in [0.25, 0.3) is 0 Å². The van der Waals surface area contributed by atoms with Crippen molar-refractivity contribution in [3.63, 3.8) is 0 Å². The van der Waals surface area contributed by atoms with Gasteiger partial charge in [0.1, 0.15) is 0 Å². The fourth-order valence-electron chi connectivity index (χ4n) is 2.84. The second-order valence-electron chi connectivity index (χ2n) is 5.23. The third kappa shape index (κ3) is 2.96. The molecule has 0 saturated carbocycles. The molecule has 1 aromatic rings. The molecule has 104 valence electrons. The van der Waals surface area contributed by atoms with Gasteiger partial charge in [-0.15, -0.1) is 0 Å². The summed E-state index contributed by atoms with van der Waals surface area (Å²) in [6, 6.07) is 7.78. The van der Waals surface area contributed by atoms with Crippen LogP contribution in [-0.2, 0) is 22.4 Å². The first-order valence-corrected chi connectivity index (χ1v) is 6.63. The van der Waals surface area contributed by atoms with Crippen molar-refractivity contribution in [3.05, 3.63) is 35.4 Å². The van der Waals surface area contributed by atoms with Gasteiger partial charge in [-0.2, -0.15) is 0 Å². The summed E-state index contributed by atoms with van der Waals surface area (Å²) in [5.41, 5.74) is 1.27. The molecule has 1 aromatic carbocycles. The number of aliphatic hydroxyl groups is 1. The maximum absolute atomic E-state index is 11.6. The quantitative estimate of drug-likeness (QED) is 0.819. The molecule has 4 nitrogen and oxygen atoms in total. The van der Waals surface area contributed by atoms with Crippen LogP contribution in [0.15, 0.2) is 24.3 Å². The molecule has 1 aliphatic rings. The topological polar surface area (TPSA) is 66.8 Å². The SMILES string of the molecule is CCOCC(O)CC1(C(=O)O)Cc2ccccc2C1. The molecular weight excluding hydrogens is 244 g/mol. The number of carboxylic acids is 1. The van der Waals surface area contributed by atoms with Crippen LogP contribution in [0.1, 0.15) is 24.5 Å². The molecule has 1 atom stereocenters. The highest BCUT2D eigenvalue weighted by Crippen LogP contribution is 2.40. The summed E-state index contributed by atoms with van der Waals surface area (Å²) in [6.07, 6.45) is 0.478. The summed E-state index contributed by atoms with van der Waals surface area (Å²) >= 11 is 0. The standard InChI is InChI=1S/C15H20O4/c1-2-19-10-13(16)9-15(14(17)18)7-11-5-3-4-6-12(11)8-15/h3-6,13,16H,2,7-10H2,1H3,(H,17,18). The van der Waals surface area contributed by atoms with E-state index in [-0.39, 0.29) is 13.0 Å². The van der Waals surface area contributed by atoms with Crippen LogP contribution >= 0.6 is 0 Å². The van der Waals surface area contributed by atoms with E-state index in [1.54, 1.807) is 0 Å². The molecular formula is C15H20O4. The van der Waals surface area contributed by atoms with E-state index in [1.165, 1.54) is 0 Å². The van der Waals surface area contributed by atoms with Crippen molar-refractivity contribution in [2.24, 2.45) is 5.41 Å². The van der Waals surface area contributed by atoms with Crippen molar-refractivity contribution in [3.8, 4) is 0 Å². The summed E-state index contributed by atoms with van der Waals surface area (Å²) in [7, 11) is 0. The van der Waals surface area contributed by atoms with Crippen molar-refractivity contribution in [2.45, 2.75) is 32.3 Å². The summed E-state index contributed by atoms with van der Waals surface area (Å²) in [5, 5.41) is 19.5. The smallest absolute Gasteiger partial charge is 0.310 e. The number of carboxylic acid groups (broad SMARTS) is 1. The lowest BCUT2D eigenvalue weighted by atomic mass is 9.79. The monoisotopic (exact) mass is 264 g/mol.